The number of hydrogen-bond acceptors (Lipinski definition) is 4. The molecule has 1 aromatic rings. The molecule has 1 aliphatic carbocycles. The van der Waals surface area contributed by atoms with Crippen LogP contribution >= 0.6 is 0 Å². The molecule has 0 atom stereocenters. The molecule has 72 valence electrons. The van der Waals surface area contributed by atoms with E-state index in [-0.39, 0.29) is 11.1 Å². The van der Waals surface area contributed by atoms with Crippen LogP contribution in [0.2, 0.25) is 0 Å². The van der Waals surface area contributed by atoms with Crippen molar-refractivity contribution in [3.05, 3.63) is 28.6 Å². The van der Waals surface area contributed by atoms with Gasteiger partial charge in [0.2, 0.25) is 11.6 Å². The van der Waals surface area contributed by atoms with Crippen molar-refractivity contribution >= 4 is 39.0 Å². The van der Waals surface area contributed by atoms with E-state index in [0.717, 1.165) is 0 Å². The fourth-order valence-electron chi connectivity index (χ4n) is 1.59. The van der Waals surface area contributed by atoms with Gasteiger partial charge in [-0.1, -0.05) is 0 Å². The first-order valence-corrected chi connectivity index (χ1v) is 4.41. The zero-order valence-corrected chi connectivity index (χ0v) is 8.29. The average molecular weight is 200 g/mol. The van der Waals surface area contributed by atoms with Gasteiger partial charge in [0.25, 0.3) is 0 Å². The lowest BCUT2D eigenvalue weighted by Gasteiger charge is -2.12. The molecule has 1 aliphatic rings. The first-order chi connectivity index (χ1) is 7.07. The van der Waals surface area contributed by atoms with E-state index in [1.807, 2.05) is 0 Å². The van der Waals surface area contributed by atoms with Crippen molar-refractivity contribution in [3.8, 4) is 0 Å². The van der Waals surface area contributed by atoms with Gasteiger partial charge in [-0.2, -0.15) is 0 Å². The second-order valence-electron chi connectivity index (χ2n) is 3.42. The van der Waals surface area contributed by atoms with Crippen molar-refractivity contribution in [3.63, 3.8) is 0 Å². The van der Waals surface area contributed by atoms with Crippen LogP contribution in [0.4, 0.5) is 0 Å². The Morgan fingerprint density at radius 3 is 2.40 bits per heavy atom. The maximum atomic E-state index is 11.6. The summed E-state index contributed by atoms with van der Waals surface area (Å²) in [6.45, 7) is 0. The van der Waals surface area contributed by atoms with Gasteiger partial charge in [-0.15, -0.1) is 0 Å². The molecule has 6 heteroatoms. The highest BCUT2D eigenvalue weighted by molar-refractivity contribution is 6.68. The predicted molar refractivity (Wildman–Crippen MR) is 57.4 cm³/mol. The summed E-state index contributed by atoms with van der Waals surface area (Å²) in [5, 5.41) is 0. The molecule has 0 saturated carbocycles. The fraction of sp³-hybridized carbons (Fsp3) is 0. The van der Waals surface area contributed by atoms with Gasteiger partial charge < -0.3 is 4.42 Å². The molecule has 2 rings (SSSR count). The van der Waals surface area contributed by atoms with Crippen LogP contribution in [-0.2, 0) is 4.79 Å². The predicted octanol–water partition coefficient (Wildman–Crippen LogP) is -1.21. The minimum atomic E-state index is -0.663. The molecule has 0 saturated heterocycles. The Labute approximate surface area is 87.1 Å². The van der Waals surface area contributed by atoms with Gasteiger partial charge in [0.05, 0.1) is 11.1 Å². The molecular formula is C9H6B2O4. The molecule has 0 radical (unpaired) electrons. The molecule has 0 spiro atoms. The van der Waals surface area contributed by atoms with Crippen molar-refractivity contribution < 1.29 is 18.8 Å². The standard InChI is InChI=1S/C9H6B2O4/c10-5-6(11)9-4(7(13)8(5)14)3(1-12)2-15-9/h1-2H,10-11H2. The fourth-order valence-corrected chi connectivity index (χ4v) is 1.59. The molecule has 0 fully saturated rings. The number of Topliss-reactive ketones (excluding diaryl/α,β-unsaturated/α-hetero) is 2. The maximum absolute atomic E-state index is 11.6. The Balaban J connectivity index is 2.80. The summed E-state index contributed by atoms with van der Waals surface area (Å²) in [6.07, 6.45) is 1.71. The van der Waals surface area contributed by atoms with Gasteiger partial charge in [0.1, 0.15) is 27.7 Å². The summed E-state index contributed by atoms with van der Waals surface area (Å²) in [5.74, 6) is -0.896. The topological polar surface area (TPSA) is 64.3 Å². The highest BCUT2D eigenvalue weighted by Crippen LogP contribution is 2.29. The molecule has 4 nitrogen and oxygen atoms in total. The number of furan rings is 1. The minimum Gasteiger partial charge on any atom is -0.464 e. The Morgan fingerprint density at radius 2 is 1.80 bits per heavy atom. The van der Waals surface area contributed by atoms with Crippen LogP contribution in [0.1, 0.15) is 26.5 Å². The van der Waals surface area contributed by atoms with Crippen molar-refractivity contribution in [2.45, 2.75) is 0 Å². The molecule has 0 N–H and O–H groups in total. The van der Waals surface area contributed by atoms with Crippen molar-refractivity contribution in [2.75, 3.05) is 0 Å². The monoisotopic (exact) mass is 200 g/mol. The van der Waals surface area contributed by atoms with E-state index >= 15 is 0 Å². The zero-order valence-electron chi connectivity index (χ0n) is 8.29. The third-order valence-electron chi connectivity index (χ3n) is 2.62. The first-order valence-electron chi connectivity index (χ1n) is 4.41. The van der Waals surface area contributed by atoms with E-state index in [0.29, 0.717) is 23.0 Å². The van der Waals surface area contributed by atoms with Crippen molar-refractivity contribution in [1.29, 1.82) is 0 Å². The van der Waals surface area contributed by atoms with Gasteiger partial charge in [0, 0.05) is 0 Å². The Morgan fingerprint density at radius 1 is 1.13 bits per heavy atom. The lowest BCUT2D eigenvalue weighted by molar-refractivity contribution is -0.111. The molecule has 0 aliphatic heterocycles. The summed E-state index contributed by atoms with van der Waals surface area (Å²) in [4.78, 5) is 33.8. The number of fused-ring (bicyclic) bond motifs is 1. The summed E-state index contributed by atoms with van der Waals surface area (Å²) in [7, 11) is 3.26. The second-order valence-corrected chi connectivity index (χ2v) is 3.42. The van der Waals surface area contributed by atoms with Crippen LogP contribution in [0.15, 0.2) is 16.2 Å². The molecule has 0 amide bonds. The number of aldehydes is 1. The molecule has 1 aromatic heterocycles. The van der Waals surface area contributed by atoms with E-state index in [1.165, 1.54) is 6.26 Å². The van der Waals surface area contributed by atoms with Crippen molar-refractivity contribution in [2.24, 2.45) is 0 Å². The second kappa shape index (κ2) is 3.08. The van der Waals surface area contributed by atoms with E-state index in [2.05, 4.69) is 0 Å². The van der Waals surface area contributed by atoms with Gasteiger partial charge >= 0.3 is 0 Å². The molecular weight excluding hydrogens is 194 g/mol. The third kappa shape index (κ3) is 1.14. The number of ketones is 2. The van der Waals surface area contributed by atoms with Gasteiger partial charge in [0.15, 0.2) is 6.29 Å². The Kier molecular flexibility index (Phi) is 2.00. The number of carbonyl (C=O) groups is 3. The smallest absolute Gasteiger partial charge is 0.236 e. The molecule has 15 heavy (non-hydrogen) atoms. The molecule has 1 heterocycles. The lowest BCUT2D eigenvalue weighted by atomic mass is 9.71. The van der Waals surface area contributed by atoms with Crippen LogP contribution in [0.5, 0.6) is 0 Å². The van der Waals surface area contributed by atoms with Gasteiger partial charge in [-0.3, -0.25) is 14.4 Å². The van der Waals surface area contributed by atoms with E-state index in [4.69, 9.17) is 4.42 Å². The normalized spacial score (nSPS) is 15.5. The first kappa shape index (κ1) is 9.70. The van der Waals surface area contributed by atoms with Gasteiger partial charge in [-0.25, -0.2) is 0 Å². The van der Waals surface area contributed by atoms with Crippen LogP contribution in [0.3, 0.4) is 0 Å². The molecule has 0 bridgehead atoms. The molecule has 0 aromatic carbocycles. The highest BCUT2D eigenvalue weighted by atomic mass is 16.3. The van der Waals surface area contributed by atoms with Crippen LogP contribution in [0, 0.1) is 0 Å². The average Bonchev–Trinajstić information content (AvgIpc) is 2.67. The summed E-state index contributed by atoms with van der Waals surface area (Å²) < 4.78 is 5.12. The summed E-state index contributed by atoms with van der Waals surface area (Å²) >= 11 is 0. The maximum Gasteiger partial charge on any atom is 0.236 e. The number of rotatable bonds is 1. The zero-order chi connectivity index (χ0) is 11.2. The van der Waals surface area contributed by atoms with Gasteiger partial charge in [-0.05, 0) is 10.9 Å². The molecule has 0 unspecified atom stereocenters. The van der Waals surface area contributed by atoms with Crippen LogP contribution in [0.25, 0.3) is 5.47 Å². The number of carbonyl (C=O) groups excluding carboxylic acids is 3. The Bertz CT molecular complexity index is 524. The van der Waals surface area contributed by atoms with E-state index < -0.39 is 11.6 Å². The Hall–Kier alpha value is -1.84. The quantitative estimate of drug-likeness (QED) is 0.324. The SMILES string of the molecule is BC1=C(B)c2occ(C=O)c2C(=O)C1=O. The number of allylic oxidation sites excluding steroid dienone is 1. The summed E-state index contributed by atoms with van der Waals surface area (Å²) in [6, 6.07) is 0. The lowest BCUT2D eigenvalue weighted by Crippen LogP contribution is -2.24. The van der Waals surface area contributed by atoms with Crippen molar-refractivity contribution in [1.82, 2.24) is 0 Å². The summed E-state index contributed by atoms with van der Waals surface area (Å²) in [5.41, 5.74) is 1.22. The van der Waals surface area contributed by atoms with E-state index in [9.17, 15) is 14.4 Å². The van der Waals surface area contributed by atoms with Crippen LogP contribution < -0.4 is 0 Å². The minimum absolute atomic E-state index is 0.0955. The third-order valence-corrected chi connectivity index (χ3v) is 2.62. The highest BCUT2D eigenvalue weighted by Gasteiger charge is 2.32. The number of hydrogen-bond donors (Lipinski definition) is 0. The largest absolute Gasteiger partial charge is 0.464 e. The van der Waals surface area contributed by atoms with E-state index in [1.54, 1.807) is 15.7 Å². The van der Waals surface area contributed by atoms with Crippen LogP contribution in [-0.4, -0.2) is 33.5 Å².